The molecule has 0 aliphatic heterocycles. The van der Waals surface area contributed by atoms with Gasteiger partial charge in [-0.1, -0.05) is 20.8 Å². The van der Waals surface area contributed by atoms with Crippen molar-refractivity contribution in [2.75, 3.05) is 13.7 Å². The maximum absolute atomic E-state index is 12.1. The third kappa shape index (κ3) is 5.48. The van der Waals surface area contributed by atoms with Crippen molar-refractivity contribution in [3.8, 4) is 11.5 Å². The Morgan fingerprint density at radius 2 is 1.73 bits per heavy atom. The summed E-state index contributed by atoms with van der Waals surface area (Å²) in [6.45, 7) is 8.11. The summed E-state index contributed by atoms with van der Waals surface area (Å²) in [5.74, 6) is 1.10. The van der Waals surface area contributed by atoms with E-state index in [1.54, 1.807) is 18.2 Å². The van der Waals surface area contributed by atoms with E-state index in [1.807, 2.05) is 0 Å². The molecule has 1 aromatic rings. The minimum atomic E-state index is -0.373. The van der Waals surface area contributed by atoms with E-state index in [2.05, 4.69) is 20.8 Å². The minimum Gasteiger partial charge on any atom is -0.493 e. The van der Waals surface area contributed by atoms with E-state index in [1.165, 1.54) is 14.0 Å². The number of rotatable bonds is 6. The molecule has 0 amide bonds. The Bertz CT molecular complexity index is 636. The molecule has 2 rings (SSSR count). The fraction of sp³-hybridized carbons (Fsp3) is 0.619. The minimum absolute atomic E-state index is 0.0216. The first-order chi connectivity index (χ1) is 12.2. The Kier molecular flexibility index (Phi) is 6.68. The zero-order valence-electron chi connectivity index (χ0n) is 16.5. The third-order valence-corrected chi connectivity index (χ3v) is 5.11. The van der Waals surface area contributed by atoms with Gasteiger partial charge in [0.2, 0.25) is 0 Å². The number of methoxy groups -OCH3 is 1. The summed E-state index contributed by atoms with van der Waals surface area (Å²) < 4.78 is 16.3. The molecular formula is C21H30O5. The number of carbonyl (C=O) groups is 2. The number of hydrogen-bond donors (Lipinski definition) is 0. The lowest BCUT2D eigenvalue weighted by Crippen LogP contribution is -2.31. The highest BCUT2D eigenvalue weighted by atomic mass is 16.6. The van der Waals surface area contributed by atoms with Crippen LogP contribution in [0.1, 0.15) is 63.7 Å². The van der Waals surface area contributed by atoms with Crippen molar-refractivity contribution in [1.82, 2.24) is 0 Å². The first-order valence-corrected chi connectivity index (χ1v) is 9.22. The number of ether oxygens (including phenoxy) is 3. The first-order valence-electron chi connectivity index (χ1n) is 9.22. The molecule has 0 N–H and O–H groups in total. The van der Waals surface area contributed by atoms with Gasteiger partial charge in [0.15, 0.2) is 23.9 Å². The van der Waals surface area contributed by atoms with E-state index in [0.29, 0.717) is 28.4 Å². The Labute approximate surface area is 156 Å². The molecule has 0 heterocycles. The van der Waals surface area contributed by atoms with Crippen molar-refractivity contribution in [2.24, 2.45) is 11.3 Å². The molecule has 0 saturated heterocycles. The zero-order valence-corrected chi connectivity index (χ0v) is 16.5. The highest BCUT2D eigenvalue weighted by Crippen LogP contribution is 2.38. The lowest BCUT2D eigenvalue weighted by molar-refractivity contribution is -0.153. The van der Waals surface area contributed by atoms with E-state index in [-0.39, 0.29) is 24.5 Å². The molecule has 1 aliphatic rings. The van der Waals surface area contributed by atoms with E-state index >= 15 is 0 Å². The zero-order chi connectivity index (χ0) is 19.3. The molecule has 0 atom stereocenters. The van der Waals surface area contributed by atoms with Gasteiger partial charge in [-0.15, -0.1) is 0 Å². The maximum Gasteiger partial charge on any atom is 0.344 e. The van der Waals surface area contributed by atoms with Gasteiger partial charge in [0.05, 0.1) is 7.11 Å². The molecule has 1 aromatic carbocycles. The highest BCUT2D eigenvalue weighted by Gasteiger charge is 2.31. The molecule has 0 aromatic heterocycles. The van der Waals surface area contributed by atoms with Gasteiger partial charge in [-0.2, -0.15) is 0 Å². The number of ketones is 1. The van der Waals surface area contributed by atoms with Crippen molar-refractivity contribution in [3.63, 3.8) is 0 Å². The van der Waals surface area contributed by atoms with Crippen LogP contribution < -0.4 is 9.47 Å². The predicted octanol–water partition coefficient (Wildman–Crippen LogP) is 4.42. The first kappa shape index (κ1) is 20.3. The predicted molar refractivity (Wildman–Crippen MR) is 99.8 cm³/mol. The molecule has 0 radical (unpaired) electrons. The van der Waals surface area contributed by atoms with Gasteiger partial charge in [0.25, 0.3) is 0 Å². The standard InChI is InChI=1S/C21H30O5/c1-14(22)15-6-11-18(19(12-15)24-5)25-13-20(23)26-17-9-7-16(8-10-17)21(2,3)4/h6,11-12,16-17H,7-10,13H2,1-5H3. The molecule has 0 unspecified atom stereocenters. The van der Waals surface area contributed by atoms with Crippen LogP contribution in [-0.2, 0) is 9.53 Å². The molecule has 1 fully saturated rings. The van der Waals surface area contributed by atoms with E-state index in [4.69, 9.17) is 14.2 Å². The van der Waals surface area contributed by atoms with Gasteiger partial charge in [-0.3, -0.25) is 4.79 Å². The molecule has 5 nitrogen and oxygen atoms in total. The van der Waals surface area contributed by atoms with Crippen LogP contribution in [0.25, 0.3) is 0 Å². The fourth-order valence-corrected chi connectivity index (χ4v) is 3.41. The van der Waals surface area contributed by atoms with Crippen LogP contribution >= 0.6 is 0 Å². The summed E-state index contributed by atoms with van der Waals surface area (Å²) in [4.78, 5) is 23.5. The molecule has 0 bridgehead atoms. The van der Waals surface area contributed by atoms with Crippen LogP contribution in [0.3, 0.4) is 0 Å². The van der Waals surface area contributed by atoms with Gasteiger partial charge in [-0.05, 0) is 62.1 Å². The van der Waals surface area contributed by atoms with Crippen molar-refractivity contribution >= 4 is 11.8 Å². The number of benzene rings is 1. The van der Waals surface area contributed by atoms with E-state index in [0.717, 1.165) is 25.7 Å². The van der Waals surface area contributed by atoms with Gasteiger partial charge in [0.1, 0.15) is 6.10 Å². The van der Waals surface area contributed by atoms with Crippen LogP contribution in [-0.4, -0.2) is 31.6 Å². The van der Waals surface area contributed by atoms with Crippen LogP contribution in [0.2, 0.25) is 0 Å². The molecule has 26 heavy (non-hydrogen) atoms. The second-order valence-electron chi connectivity index (χ2n) is 8.04. The molecular weight excluding hydrogens is 332 g/mol. The summed E-state index contributed by atoms with van der Waals surface area (Å²) in [5, 5.41) is 0. The summed E-state index contributed by atoms with van der Waals surface area (Å²) in [6.07, 6.45) is 3.96. The Balaban J connectivity index is 1.83. The monoisotopic (exact) mass is 362 g/mol. The second-order valence-corrected chi connectivity index (χ2v) is 8.04. The summed E-state index contributed by atoms with van der Waals surface area (Å²) >= 11 is 0. The quantitative estimate of drug-likeness (QED) is 0.553. The molecule has 1 saturated carbocycles. The van der Waals surface area contributed by atoms with Crippen LogP contribution in [0, 0.1) is 11.3 Å². The third-order valence-electron chi connectivity index (χ3n) is 5.11. The Morgan fingerprint density at radius 3 is 2.27 bits per heavy atom. The lowest BCUT2D eigenvalue weighted by Gasteiger charge is -2.36. The van der Waals surface area contributed by atoms with Crippen molar-refractivity contribution < 1.29 is 23.8 Å². The number of Topliss-reactive ketones (excluding diaryl/α,β-unsaturated/α-hetero) is 1. The van der Waals surface area contributed by atoms with Crippen molar-refractivity contribution in [1.29, 1.82) is 0 Å². The molecule has 144 valence electrons. The largest absolute Gasteiger partial charge is 0.493 e. The maximum atomic E-state index is 12.1. The van der Waals surface area contributed by atoms with Gasteiger partial charge >= 0.3 is 5.97 Å². The topological polar surface area (TPSA) is 61.8 Å². The SMILES string of the molecule is COc1cc(C(C)=O)ccc1OCC(=O)OC1CCC(C(C)(C)C)CC1. The normalized spacial score (nSPS) is 20.3. The van der Waals surface area contributed by atoms with E-state index in [9.17, 15) is 9.59 Å². The van der Waals surface area contributed by atoms with Crippen molar-refractivity contribution in [2.45, 2.75) is 59.5 Å². The fourth-order valence-electron chi connectivity index (χ4n) is 3.41. The average molecular weight is 362 g/mol. The van der Waals surface area contributed by atoms with Gasteiger partial charge < -0.3 is 14.2 Å². The lowest BCUT2D eigenvalue weighted by atomic mass is 9.72. The molecule has 0 spiro atoms. The van der Waals surface area contributed by atoms with Crippen LogP contribution in [0.5, 0.6) is 11.5 Å². The van der Waals surface area contributed by atoms with Gasteiger partial charge in [0, 0.05) is 5.56 Å². The Morgan fingerprint density at radius 1 is 1.08 bits per heavy atom. The summed E-state index contributed by atoms with van der Waals surface area (Å²) in [7, 11) is 1.50. The Hall–Kier alpha value is -2.04. The smallest absolute Gasteiger partial charge is 0.344 e. The van der Waals surface area contributed by atoms with Crippen LogP contribution in [0.4, 0.5) is 0 Å². The molecule has 5 heteroatoms. The summed E-state index contributed by atoms with van der Waals surface area (Å²) in [6, 6.07) is 4.90. The second kappa shape index (κ2) is 8.56. The summed E-state index contributed by atoms with van der Waals surface area (Å²) in [5.41, 5.74) is 0.841. The van der Waals surface area contributed by atoms with Crippen LogP contribution in [0.15, 0.2) is 18.2 Å². The van der Waals surface area contributed by atoms with Gasteiger partial charge in [-0.25, -0.2) is 4.79 Å². The number of esters is 1. The van der Waals surface area contributed by atoms with E-state index < -0.39 is 0 Å². The average Bonchev–Trinajstić information content (AvgIpc) is 2.59. The molecule has 1 aliphatic carbocycles. The number of hydrogen-bond acceptors (Lipinski definition) is 5. The number of carbonyl (C=O) groups excluding carboxylic acids is 2. The highest BCUT2D eigenvalue weighted by molar-refractivity contribution is 5.94. The van der Waals surface area contributed by atoms with Crippen molar-refractivity contribution in [3.05, 3.63) is 23.8 Å².